The zero-order chi connectivity index (χ0) is 9.84. The summed E-state index contributed by atoms with van der Waals surface area (Å²) in [6, 6.07) is 2.19. The smallest absolute Gasteiger partial charge is 0.318 e. The highest BCUT2D eigenvalue weighted by atomic mass is 16.5. The Balaban J connectivity index is 3.07. The Hall–Kier alpha value is -1.36. The van der Waals surface area contributed by atoms with Crippen LogP contribution < -0.4 is 15.4 Å². The van der Waals surface area contributed by atoms with Gasteiger partial charge in [0.2, 0.25) is 0 Å². The van der Waals surface area contributed by atoms with E-state index in [2.05, 4.69) is 9.97 Å². The van der Waals surface area contributed by atoms with Crippen molar-refractivity contribution in [1.82, 2.24) is 9.97 Å². The SMILES string of the molecule is COc1nc(CN)cc(N(C)C)n1. The summed E-state index contributed by atoms with van der Waals surface area (Å²) < 4.78 is 4.94. The van der Waals surface area contributed by atoms with Crippen molar-refractivity contribution in [3.05, 3.63) is 11.8 Å². The fourth-order valence-electron chi connectivity index (χ4n) is 0.884. The topological polar surface area (TPSA) is 64.3 Å². The van der Waals surface area contributed by atoms with E-state index in [0.717, 1.165) is 11.5 Å². The van der Waals surface area contributed by atoms with Crippen LogP contribution in [0.2, 0.25) is 0 Å². The standard InChI is InChI=1S/C8H14N4O/c1-12(2)7-4-6(5-9)10-8(11-7)13-3/h4H,5,9H2,1-3H3. The van der Waals surface area contributed by atoms with Crippen molar-refractivity contribution in [2.45, 2.75) is 6.54 Å². The molecule has 1 heterocycles. The highest BCUT2D eigenvalue weighted by Crippen LogP contribution is 2.13. The molecule has 0 bridgehead atoms. The van der Waals surface area contributed by atoms with Crippen molar-refractivity contribution in [3.8, 4) is 6.01 Å². The maximum atomic E-state index is 5.48. The minimum Gasteiger partial charge on any atom is -0.467 e. The lowest BCUT2D eigenvalue weighted by molar-refractivity contribution is 0.378. The number of nitrogens with two attached hydrogens (primary N) is 1. The van der Waals surface area contributed by atoms with E-state index in [1.165, 1.54) is 7.11 Å². The van der Waals surface area contributed by atoms with Crippen LogP contribution in [-0.4, -0.2) is 31.2 Å². The van der Waals surface area contributed by atoms with Crippen molar-refractivity contribution < 1.29 is 4.74 Å². The Morgan fingerprint density at radius 3 is 2.62 bits per heavy atom. The molecule has 1 aromatic rings. The number of hydrogen-bond donors (Lipinski definition) is 1. The van der Waals surface area contributed by atoms with Crippen molar-refractivity contribution in [3.63, 3.8) is 0 Å². The highest BCUT2D eigenvalue weighted by Gasteiger charge is 2.04. The van der Waals surface area contributed by atoms with Gasteiger partial charge < -0.3 is 15.4 Å². The first-order valence-electron chi connectivity index (χ1n) is 3.96. The van der Waals surface area contributed by atoms with Crippen molar-refractivity contribution in [2.75, 3.05) is 26.1 Å². The van der Waals surface area contributed by atoms with Gasteiger partial charge in [-0.2, -0.15) is 9.97 Å². The number of hydrogen-bond acceptors (Lipinski definition) is 5. The van der Waals surface area contributed by atoms with E-state index in [0.29, 0.717) is 12.6 Å². The van der Waals surface area contributed by atoms with E-state index >= 15 is 0 Å². The van der Waals surface area contributed by atoms with E-state index in [9.17, 15) is 0 Å². The molecule has 0 fully saturated rings. The first kappa shape index (κ1) is 9.73. The van der Waals surface area contributed by atoms with E-state index in [1.807, 2.05) is 25.1 Å². The molecule has 0 aliphatic rings. The molecule has 0 amide bonds. The third kappa shape index (κ3) is 2.29. The normalized spacial score (nSPS) is 9.85. The van der Waals surface area contributed by atoms with Gasteiger partial charge in [-0.3, -0.25) is 0 Å². The average molecular weight is 182 g/mol. The average Bonchev–Trinajstić information content (AvgIpc) is 2.16. The zero-order valence-electron chi connectivity index (χ0n) is 8.11. The van der Waals surface area contributed by atoms with Gasteiger partial charge in [0.1, 0.15) is 5.82 Å². The summed E-state index contributed by atoms with van der Waals surface area (Å²) in [4.78, 5) is 10.1. The van der Waals surface area contributed by atoms with Crippen LogP contribution in [0.5, 0.6) is 6.01 Å². The first-order valence-corrected chi connectivity index (χ1v) is 3.96. The molecular formula is C8H14N4O. The summed E-state index contributed by atoms with van der Waals surface area (Å²) in [5.74, 6) is 0.798. The fourth-order valence-corrected chi connectivity index (χ4v) is 0.884. The Morgan fingerprint density at radius 1 is 1.46 bits per heavy atom. The largest absolute Gasteiger partial charge is 0.467 e. The van der Waals surface area contributed by atoms with E-state index in [4.69, 9.17) is 10.5 Å². The second-order valence-corrected chi connectivity index (χ2v) is 2.80. The summed E-state index contributed by atoms with van der Waals surface area (Å²) in [6.07, 6.45) is 0. The second-order valence-electron chi connectivity index (χ2n) is 2.80. The van der Waals surface area contributed by atoms with Crippen LogP contribution in [0, 0.1) is 0 Å². The molecule has 0 spiro atoms. The molecule has 0 aliphatic heterocycles. The molecule has 13 heavy (non-hydrogen) atoms. The molecule has 72 valence electrons. The quantitative estimate of drug-likeness (QED) is 0.713. The molecule has 0 unspecified atom stereocenters. The Labute approximate surface area is 77.5 Å². The summed E-state index contributed by atoms with van der Waals surface area (Å²) in [7, 11) is 5.35. The van der Waals surface area contributed by atoms with E-state index in [-0.39, 0.29) is 0 Å². The van der Waals surface area contributed by atoms with Crippen LogP contribution in [0.25, 0.3) is 0 Å². The summed E-state index contributed by atoms with van der Waals surface area (Å²) >= 11 is 0. The van der Waals surface area contributed by atoms with Crippen LogP contribution in [0.15, 0.2) is 6.07 Å². The molecule has 1 aromatic heterocycles. The second kappa shape index (κ2) is 4.04. The lowest BCUT2D eigenvalue weighted by Crippen LogP contribution is -2.13. The summed E-state index contributed by atoms with van der Waals surface area (Å²) in [5.41, 5.74) is 6.25. The number of anilines is 1. The fraction of sp³-hybridized carbons (Fsp3) is 0.500. The molecule has 0 saturated heterocycles. The zero-order valence-corrected chi connectivity index (χ0v) is 8.11. The minimum atomic E-state index is 0.353. The maximum absolute atomic E-state index is 5.48. The van der Waals surface area contributed by atoms with E-state index in [1.54, 1.807) is 0 Å². The molecule has 1 rings (SSSR count). The molecule has 0 aliphatic carbocycles. The van der Waals surface area contributed by atoms with Crippen LogP contribution in [-0.2, 0) is 6.54 Å². The van der Waals surface area contributed by atoms with Gasteiger partial charge in [-0.1, -0.05) is 0 Å². The Bertz CT molecular complexity index is 265. The lowest BCUT2D eigenvalue weighted by atomic mass is 10.4. The maximum Gasteiger partial charge on any atom is 0.318 e. The predicted octanol–water partition coefficient (Wildman–Crippen LogP) is 0.00990. The van der Waals surface area contributed by atoms with Gasteiger partial charge in [0.05, 0.1) is 12.8 Å². The van der Waals surface area contributed by atoms with Gasteiger partial charge in [0.25, 0.3) is 0 Å². The minimum absolute atomic E-state index is 0.353. The predicted molar refractivity (Wildman–Crippen MR) is 50.8 cm³/mol. The van der Waals surface area contributed by atoms with Gasteiger partial charge in [0.15, 0.2) is 0 Å². The number of methoxy groups -OCH3 is 1. The van der Waals surface area contributed by atoms with Crippen LogP contribution in [0.4, 0.5) is 5.82 Å². The van der Waals surface area contributed by atoms with Gasteiger partial charge in [-0.15, -0.1) is 0 Å². The molecule has 5 heteroatoms. The van der Waals surface area contributed by atoms with Crippen molar-refractivity contribution in [2.24, 2.45) is 5.73 Å². The van der Waals surface area contributed by atoms with Gasteiger partial charge in [-0.05, 0) is 0 Å². The van der Waals surface area contributed by atoms with Crippen LogP contribution in [0.1, 0.15) is 5.69 Å². The Morgan fingerprint density at radius 2 is 2.15 bits per heavy atom. The number of ether oxygens (including phenoxy) is 1. The van der Waals surface area contributed by atoms with E-state index < -0.39 is 0 Å². The molecular weight excluding hydrogens is 168 g/mol. The molecule has 0 aromatic carbocycles. The molecule has 0 atom stereocenters. The third-order valence-corrected chi connectivity index (χ3v) is 1.60. The highest BCUT2D eigenvalue weighted by molar-refractivity contribution is 5.38. The number of nitrogens with zero attached hydrogens (tertiary/aromatic N) is 3. The number of aromatic nitrogens is 2. The molecule has 2 N–H and O–H groups in total. The van der Waals surface area contributed by atoms with Gasteiger partial charge in [0, 0.05) is 26.7 Å². The first-order chi connectivity index (χ1) is 6.17. The molecule has 0 radical (unpaired) electrons. The van der Waals surface area contributed by atoms with Crippen LogP contribution >= 0.6 is 0 Å². The number of rotatable bonds is 3. The van der Waals surface area contributed by atoms with Gasteiger partial charge in [-0.25, -0.2) is 0 Å². The monoisotopic (exact) mass is 182 g/mol. The van der Waals surface area contributed by atoms with Crippen molar-refractivity contribution in [1.29, 1.82) is 0 Å². The summed E-state index contributed by atoms with van der Waals surface area (Å²) in [5, 5.41) is 0. The molecule has 0 saturated carbocycles. The summed E-state index contributed by atoms with van der Waals surface area (Å²) in [6.45, 7) is 0.389. The van der Waals surface area contributed by atoms with Gasteiger partial charge >= 0.3 is 6.01 Å². The van der Waals surface area contributed by atoms with Crippen LogP contribution in [0.3, 0.4) is 0 Å². The Kier molecular flexibility index (Phi) is 3.02. The lowest BCUT2D eigenvalue weighted by Gasteiger charge is -2.12. The molecule has 5 nitrogen and oxygen atoms in total. The van der Waals surface area contributed by atoms with Crippen molar-refractivity contribution >= 4 is 5.82 Å². The third-order valence-electron chi connectivity index (χ3n) is 1.60.